The summed E-state index contributed by atoms with van der Waals surface area (Å²) in [4.78, 5) is 14.2. The van der Waals surface area contributed by atoms with Crippen molar-refractivity contribution in [3.8, 4) is 5.82 Å². The largest absolute Gasteiger partial charge is 0.444 e. The standard InChI is InChI=1S/C22H27FN4O3/c1-13-6-7-14(2)27(13)20-18-16(23)8-9-17(19(18)30-25-20)26-11-10-15(12-26)24-21(28)29-22(3,4)5/h6-9,15H,10-12H2,1-5H3,(H,24,28)/t15-/m1/s1. The van der Waals surface area contributed by atoms with Crippen LogP contribution in [-0.4, -0.2) is 40.5 Å². The molecular formula is C22H27FN4O3. The zero-order valence-corrected chi connectivity index (χ0v) is 18.0. The number of rotatable bonds is 3. The van der Waals surface area contributed by atoms with Crippen molar-refractivity contribution in [3.05, 3.63) is 41.5 Å². The zero-order chi connectivity index (χ0) is 21.6. The van der Waals surface area contributed by atoms with Crippen LogP contribution < -0.4 is 10.2 Å². The fraction of sp³-hybridized carbons (Fsp3) is 0.455. The minimum Gasteiger partial charge on any atom is -0.444 e. The lowest BCUT2D eigenvalue weighted by atomic mass is 10.2. The molecule has 7 nitrogen and oxygen atoms in total. The minimum absolute atomic E-state index is 0.0590. The molecule has 0 unspecified atom stereocenters. The molecule has 3 aromatic rings. The molecule has 1 aliphatic heterocycles. The number of alkyl carbamates (subject to hydrolysis) is 1. The van der Waals surface area contributed by atoms with Gasteiger partial charge < -0.3 is 19.5 Å². The first-order valence-electron chi connectivity index (χ1n) is 10.1. The molecule has 0 radical (unpaired) electrons. The molecule has 160 valence electrons. The molecule has 2 aromatic heterocycles. The number of hydrogen-bond acceptors (Lipinski definition) is 5. The van der Waals surface area contributed by atoms with Gasteiger partial charge in [0.2, 0.25) is 0 Å². The smallest absolute Gasteiger partial charge is 0.407 e. The number of halogens is 1. The number of benzene rings is 1. The van der Waals surface area contributed by atoms with Gasteiger partial charge in [-0.15, -0.1) is 0 Å². The fourth-order valence-corrected chi connectivity index (χ4v) is 3.96. The number of nitrogens with zero attached hydrogens (tertiary/aromatic N) is 3. The number of anilines is 1. The van der Waals surface area contributed by atoms with Crippen molar-refractivity contribution >= 4 is 22.7 Å². The Morgan fingerprint density at radius 2 is 1.93 bits per heavy atom. The first-order chi connectivity index (χ1) is 14.1. The third-order valence-corrected chi connectivity index (χ3v) is 5.27. The maximum absolute atomic E-state index is 14.8. The second kappa shape index (κ2) is 7.34. The molecule has 1 amide bonds. The summed E-state index contributed by atoms with van der Waals surface area (Å²) in [5.41, 5.74) is 2.54. The first kappa shape index (κ1) is 20.3. The van der Waals surface area contributed by atoms with Crippen molar-refractivity contribution in [2.75, 3.05) is 18.0 Å². The van der Waals surface area contributed by atoms with Crippen molar-refractivity contribution in [2.24, 2.45) is 0 Å². The molecule has 4 rings (SSSR count). The summed E-state index contributed by atoms with van der Waals surface area (Å²) in [6, 6.07) is 7.02. The van der Waals surface area contributed by atoms with Crippen molar-refractivity contribution in [1.29, 1.82) is 0 Å². The van der Waals surface area contributed by atoms with Gasteiger partial charge >= 0.3 is 6.09 Å². The third kappa shape index (κ3) is 3.74. The lowest BCUT2D eigenvalue weighted by Gasteiger charge is -2.22. The number of aryl methyl sites for hydroxylation is 2. The molecule has 0 spiro atoms. The second-order valence-corrected chi connectivity index (χ2v) is 8.81. The number of fused-ring (bicyclic) bond motifs is 1. The highest BCUT2D eigenvalue weighted by atomic mass is 19.1. The molecule has 0 bridgehead atoms. The van der Waals surface area contributed by atoms with Crippen LogP contribution in [0.15, 0.2) is 28.8 Å². The highest BCUT2D eigenvalue weighted by Crippen LogP contribution is 2.35. The molecule has 1 N–H and O–H groups in total. The van der Waals surface area contributed by atoms with Crippen molar-refractivity contribution in [3.63, 3.8) is 0 Å². The van der Waals surface area contributed by atoms with Gasteiger partial charge in [-0.1, -0.05) is 5.16 Å². The number of aromatic nitrogens is 2. The molecule has 1 fully saturated rings. The number of carbonyl (C=O) groups is 1. The van der Waals surface area contributed by atoms with Crippen LogP contribution in [0.25, 0.3) is 16.8 Å². The van der Waals surface area contributed by atoms with Crippen LogP contribution in [0, 0.1) is 19.7 Å². The molecule has 1 saturated heterocycles. The average molecular weight is 414 g/mol. The average Bonchev–Trinajstić information content (AvgIpc) is 3.34. The lowest BCUT2D eigenvalue weighted by Crippen LogP contribution is -2.40. The summed E-state index contributed by atoms with van der Waals surface area (Å²) in [7, 11) is 0. The molecule has 0 aliphatic carbocycles. The summed E-state index contributed by atoms with van der Waals surface area (Å²) < 4.78 is 27.7. The Morgan fingerprint density at radius 3 is 2.60 bits per heavy atom. The van der Waals surface area contributed by atoms with E-state index in [-0.39, 0.29) is 11.9 Å². The zero-order valence-electron chi connectivity index (χ0n) is 18.0. The third-order valence-electron chi connectivity index (χ3n) is 5.27. The maximum atomic E-state index is 14.8. The molecule has 0 saturated carbocycles. The summed E-state index contributed by atoms with van der Waals surface area (Å²) >= 11 is 0. The van der Waals surface area contributed by atoms with Gasteiger partial charge in [-0.3, -0.25) is 4.57 Å². The molecule has 8 heteroatoms. The monoisotopic (exact) mass is 414 g/mol. The summed E-state index contributed by atoms with van der Waals surface area (Å²) in [6.07, 6.45) is 0.327. The highest BCUT2D eigenvalue weighted by Gasteiger charge is 2.29. The van der Waals surface area contributed by atoms with E-state index in [1.54, 1.807) is 6.07 Å². The van der Waals surface area contributed by atoms with Crippen LogP contribution in [-0.2, 0) is 4.74 Å². The van der Waals surface area contributed by atoms with E-state index < -0.39 is 11.7 Å². The molecular weight excluding hydrogens is 387 g/mol. The molecule has 30 heavy (non-hydrogen) atoms. The van der Waals surface area contributed by atoms with Gasteiger partial charge in [-0.25, -0.2) is 9.18 Å². The number of ether oxygens (including phenoxy) is 1. The van der Waals surface area contributed by atoms with Gasteiger partial charge in [-0.05, 0) is 65.3 Å². The van der Waals surface area contributed by atoms with Gasteiger partial charge in [-0.2, -0.15) is 0 Å². The second-order valence-electron chi connectivity index (χ2n) is 8.81. The van der Waals surface area contributed by atoms with Crippen molar-refractivity contribution < 1.29 is 18.4 Å². The molecule has 3 heterocycles. The van der Waals surface area contributed by atoms with Gasteiger partial charge in [0.25, 0.3) is 0 Å². The number of amides is 1. The predicted molar refractivity (Wildman–Crippen MR) is 113 cm³/mol. The number of carbonyl (C=O) groups excluding carboxylic acids is 1. The van der Waals surface area contributed by atoms with Crippen LogP contribution >= 0.6 is 0 Å². The van der Waals surface area contributed by atoms with E-state index in [0.717, 1.165) is 23.5 Å². The van der Waals surface area contributed by atoms with E-state index in [2.05, 4.69) is 15.4 Å². The maximum Gasteiger partial charge on any atom is 0.407 e. The van der Waals surface area contributed by atoms with Gasteiger partial charge in [0.05, 0.1) is 11.7 Å². The van der Waals surface area contributed by atoms with Gasteiger partial charge in [0.1, 0.15) is 16.8 Å². The van der Waals surface area contributed by atoms with Crippen LogP contribution in [0.5, 0.6) is 0 Å². The van der Waals surface area contributed by atoms with E-state index in [1.807, 2.05) is 51.3 Å². The summed E-state index contributed by atoms with van der Waals surface area (Å²) in [5.74, 6) is 0.0760. The van der Waals surface area contributed by atoms with E-state index >= 15 is 0 Å². The normalized spacial score (nSPS) is 17.0. The van der Waals surface area contributed by atoms with Crippen molar-refractivity contribution in [2.45, 2.75) is 52.7 Å². The summed E-state index contributed by atoms with van der Waals surface area (Å²) in [5, 5.41) is 7.46. The highest BCUT2D eigenvalue weighted by molar-refractivity contribution is 5.94. The van der Waals surface area contributed by atoms with Crippen LogP contribution in [0.2, 0.25) is 0 Å². The van der Waals surface area contributed by atoms with Crippen LogP contribution in [0.4, 0.5) is 14.9 Å². The molecule has 1 aromatic carbocycles. The summed E-state index contributed by atoms with van der Waals surface area (Å²) in [6.45, 7) is 10.7. The SMILES string of the molecule is Cc1ccc(C)n1-c1noc2c(N3CC[C@@H](NC(=O)OC(C)(C)C)C3)ccc(F)c12. The Hall–Kier alpha value is -3.03. The predicted octanol–water partition coefficient (Wildman–Crippen LogP) is 4.48. The van der Waals surface area contributed by atoms with E-state index in [0.29, 0.717) is 29.9 Å². The van der Waals surface area contributed by atoms with E-state index in [4.69, 9.17) is 9.26 Å². The van der Waals surface area contributed by atoms with Gasteiger partial charge in [0.15, 0.2) is 11.4 Å². The Morgan fingerprint density at radius 1 is 1.23 bits per heavy atom. The first-order valence-corrected chi connectivity index (χ1v) is 10.1. The quantitative estimate of drug-likeness (QED) is 0.684. The molecule has 1 atom stereocenters. The minimum atomic E-state index is -0.545. The van der Waals surface area contributed by atoms with Crippen molar-refractivity contribution in [1.82, 2.24) is 15.0 Å². The van der Waals surface area contributed by atoms with E-state index in [9.17, 15) is 9.18 Å². The number of hydrogen-bond donors (Lipinski definition) is 1. The fourth-order valence-electron chi connectivity index (χ4n) is 3.96. The molecule has 1 aliphatic rings. The van der Waals surface area contributed by atoms with E-state index in [1.165, 1.54) is 6.07 Å². The Bertz CT molecular complexity index is 1080. The number of nitrogens with one attached hydrogen (secondary N) is 1. The Labute approximate surface area is 174 Å². The van der Waals surface area contributed by atoms with Gasteiger partial charge in [0, 0.05) is 24.5 Å². The van der Waals surface area contributed by atoms with Crippen LogP contribution in [0.3, 0.4) is 0 Å². The lowest BCUT2D eigenvalue weighted by molar-refractivity contribution is 0.0509. The van der Waals surface area contributed by atoms with Crippen LogP contribution in [0.1, 0.15) is 38.6 Å². The Kier molecular flexibility index (Phi) is 4.95. The topological polar surface area (TPSA) is 72.5 Å². The Balaban J connectivity index is 1.61.